The summed E-state index contributed by atoms with van der Waals surface area (Å²) in [5, 5.41) is 0. The zero-order valence-electron chi connectivity index (χ0n) is 6.83. The first-order valence-electron chi connectivity index (χ1n) is 4.08. The average Bonchev–Trinajstić information content (AvgIpc) is 2.17. The molecule has 1 aromatic carbocycles. The van der Waals surface area contributed by atoms with Crippen molar-refractivity contribution in [2.45, 2.75) is 6.42 Å². The van der Waals surface area contributed by atoms with Gasteiger partial charge in [-0.2, -0.15) is 0 Å². The van der Waals surface area contributed by atoms with Crippen LogP contribution in [0.25, 0.3) is 11.6 Å². The lowest BCUT2D eigenvalue weighted by Crippen LogP contribution is -1.95. The van der Waals surface area contributed by atoms with Crippen molar-refractivity contribution in [2.75, 3.05) is 0 Å². The molecule has 0 saturated carbocycles. The maximum atomic E-state index is 5.52. The minimum absolute atomic E-state index is 0.952. The Hall–Kier alpha value is -1.50. The van der Waals surface area contributed by atoms with Crippen molar-refractivity contribution in [1.82, 2.24) is 0 Å². The molecule has 1 nitrogen and oxygen atoms in total. The summed E-state index contributed by atoms with van der Waals surface area (Å²) in [5.41, 5.74) is 9.27. The molecule has 0 atom stereocenters. The largest absolute Gasteiger partial charge is 0.404 e. The zero-order valence-corrected chi connectivity index (χ0v) is 6.83. The normalized spacial score (nSPS) is 17.8. The van der Waals surface area contributed by atoms with E-state index in [-0.39, 0.29) is 0 Å². The maximum Gasteiger partial charge on any atom is -0.00203 e. The molecule has 1 aliphatic rings. The van der Waals surface area contributed by atoms with Crippen LogP contribution in [0, 0.1) is 0 Å². The number of nitrogens with two attached hydrogens (primary N) is 1. The fourth-order valence-electron chi connectivity index (χ4n) is 1.52. The molecule has 0 fully saturated rings. The van der Waals surface area contributed by atoms with Crippen LogP contribution in [0.5, 0.6) is 0 Å². The molecule has 0 saturated heterocycles. The molecular weight excluding hydrogens is 146 g/mol. The molecule has 1 aromatic rings. The highest BCUT2D eigenvalue weighted by atomic mass is 14.5. The van der Waals surface area contributed by atoms with Gasteiger partial charge in [0.05, 0.1) is 0 Å². The Morgan fingerprint density at radius 2 is 2.08 bits per heavy atom. The summed E-state index contributed by atoms with van der Waals surface area (Å²) in [5.74, 6) is 0. The van der Waals surface area contributed by atoms with Crippen molar-refractivity contribution in [3.63, 3.8) is 0 Å². The molecule has 0 unspecified atom stereocenters. The van der Waals surface area contributed by atoms with Gasteiger partial charge in [-0.1, -0.05) is 36.4 Å². The summed E-state index contributed by atoms with van der Waals surface area (Å²) in [7, 11) is 0. The summed E-state index contributed by atoms with van der Waals surface area (Å²) < 4.78 is 0. The molecule has 0 spiro atoms. The van der Waals surface area contributed by atoms with E-state index in [9.17, 15) is 0 Å². The summed E-state index contributed by atoms with van der Waals surface area (Å²) in [6.07, 6.45) is 6.93. The molecule has 2 N–H and O–H groups in total. The first-order chi connectivity index (χ1) is 5.92. The second-order valence-electron chi connectivity index (χ2n) is 2.89. The predicted octanol–water partition coefficient (Wildman–Crippen LogP) is 2.40. The van der Waals surface area contributed by atoms with Crippen LogP contribution in [0.2, 0.25) is 0 Å². The van der Waals surface area contributed by atoms with Crippen LogP contribution in [0.4, 0.5) is 0 Å². The highest BCUT2D eigenvalue weighted by Crippen LogP contribution is 2.27. The predicted molar refractivity (Wildman–Crippen MR) is 52.3 cm³/mol. The summed E-state index contributed by atoms with van der Waals surface area (Å²) in [6.45, 7) is 0. The van der Waals surface area contributed by atoms with Crippen molar-refractivity contribution in [1.29, 1.82) is 0 Å². The maximum absolute atomic E-state index is 5.52. The molecule has 60 valence electrons. The van der Waals surface area contributed by atoms with Crippen LogP contribution in [-0.4, -0.2) is 0 Å². The van der Waals surface area contributed by atoms with E-state index >= 15 is 0 Å². The quantitative estimate of drug-likeness (QED) is 0.615. The molecule has 1 aliphatic carbocycles. The number of rotatable bonds is 0. The van der Waals surface area contributed by atoms with Crippen molar-refractivity contribution >= 4 is 11.6 Å². The topological polar surface area (TPSA) is 26.0 Å². The van der Waals surface area contributed by atoms with Crippen LogP contribution in [0.15, 0.2) is 36.5 Å². The smallest absolute Gasteiger partial charge is 0.00203 e. The summed E-state index contributed by atoms with van der Waals surface area (Å²) in [4.78, 5) is 0. The Morgan fingerprint density at radius 1 is 1.25 bits per heavy atom. The van der Waals surface area contributed by atoms with Crippen LogP contribution in [0.3, 0.4) is 0 Å². The van der Waals surface area contributed by atoms with Gasteiger partial charge in [0.2, 0.25) is 0 Å². The van der Waals surface area contributed by atoms with Gasteiger partial charge in [-0.15, -0.1) is 0 Å². The number of hydrogen-bond donors (Lipinski definition) is 1. The molecule has 0 aromatic heterocycles. The Morgan fingerprint density at radius 3 is 2.92 bits per heavy atom. The van der Waals surface area contributed by atoms with Gasteiger partial charge >= 0.3 is 0 Å². The first-order valence-corrected chi connectivity index (χ1v) is 4.08. The molecule has 0 heterocycles. The number of hydrogen-bond acceptors (Lipinski definition) is 1. The van der Waals surface area contributed by atoms with Gasteiger partial charge in [-0.25, -0.2) is 0 Å². The summed E-state index contributed by atoms with van der Waals surface area (Å²) >= 11 is 0. The Bertz CT molecular complexity index is 348. The van der Waals surface area contributed by atoms with E-state index < -0.39 is 0 Å². The highest BCUT2D eigenvalue weighted by Gasteiger charge is 2.06. The fourth-order valence-corrected chi connectivity index (χ4v) is 1.52. The third kappa shape index (κ3) is 1.03. The minimum atomic E-state index is 0.952. The SMILES string of the molecule is NC=C1CC=Cc2ccccc21. The lowest BCUT2D eigenvalue weighted by Gasteiger charge is -2.12. The molecule has 12 heavy (non-hydrogen) atoms. The van der Waals surface area contributed by atoms with Gasteiger partial charge in [-0.3, -0.25) is 0 Å². The van der Waals surface area contributed by atoms with E-state index in [0.29, 0.717) is 0 Å². The zero-order chi connectivity index (χ0) is 8.39. The Labute approximate surface area is 72.2 Å². The van der Waals surface area contributed by atoms with E-state index in [0.717, 1.165) is 6.42 Å². The van der Waals surface area contributed by atoms with Gasteiger partial charge in [0.1, 0.15) is 0 Å². The minimum Gasteiger partial charge on any atom is -0.404 e. The summed E-state index contributed by atoms with van der Waals surface area (Å²) in [6, 6.07) is 8.30. The standard InChI is InChI=1S/C11H11N/c12-8-10-6-3-5-9-4-1-2-7-11(9)10/h1-5,7-8H,6,12H2. The monoisotopic (exact) mass is 157 g/mol. The van der Waals surface area contributed by atoms with Gasteiger partial charge in [0, 0.05) is 0 Å². The van der Waals surface area contributed by atoms with Crippen LogP contribution >= 0.6 is 0 Å². The van der Waals surface area contributed by atoms with Crippen molar-refractivity contribution in [3.05, 3.63) is 47.7 Å². The molecule has 0 amide bonds. The number of fused-ring (bicyclic) bond motifs is 1. The Kier molecular flexibility index (Phi) is 1.71. The van der Waals surface area contributed by atoms with Gasteiger partial charge in [-0.05, 0) is 29.3 Å². The molecule has 2 rings (SSSR count). The van der Waals surface area contributed by atoms with Crippen LogP contribution in [-0.2, 0) is 0 Å². The lowest BCUT2D eigenvalue weighted by atomic mass is 9.93. The molecule has 1 heteroatoms. The fraction of sp³-hybridized carbons (Fsp3) is 0.0909. The van der Waals surface area contributed by atoms with E-state index in [1.807, 2.05) is 12.1 Å². The van der Waals surface area contributed by atoms with E-state index in [1.165, 1.54) is 16.7 Å². The van der Waals surface area contributed by atoms with E-state index in [2.05, 4.69) is 24.3 Å². The van der Waals surface area contributed by atoms with Gasteiger partial charge in [0.25, 0.3) is 0 Å². The second-order valence-corrected chi connectivity index (χ2v) is 2.89. The number of allylic oxidation sites excluding steroid dienone is 2. The van der Waals surface area contributed by atoms with Crippen molar-refractivity contribution in [3.8, 4) is 0 Å². The second kappa shape index (κ2) is 2.86. The molecular formula is C11H11N. The number of benzene rings is 1. The average molecular weight is 157 g/mol. The lowest BCUT2D eigenvalue weighted by molar-refractivity contribution is 1.33. The molecule has 0 radical (unpaired) electrons. The Balaban J connectivity index is 2.60. The van der Waals surface area contributed by atoms with E-state index in [4.69, 9.17) is 5.73 Å². The first kappa shape index (κ1) is 7.17. The van der Waals surface area contributed by atoms with Crippen molar-refractivity contribution < 1.29 is 0 Å². The third-order valence-corrected chi connectivity index (χ3v) is 2.14. The highest BCUT2D eigenvalue weighted by molar-refractivity contribution is 5.78. The molecule has 0 aliphatic heterocycles. The van der Waals surface area contributed by atoms with Gasteiger partial charge in [0.15, 0.2) is 0 Å². The van der Waals surface area contributed by atoms with Gasteiger partial charge < -0.3 is 5.73 Å². The van der Waals surface area contributed by atoms with Crippen LogP contribution < -0.4 is 5.73 Å². The third-order valence-electron chi connectivity index (χ3n) is 2.14. The van der Waals surface area contributed by atoms with E-state index in [1.54, 1.807) is 6.20 Å². The molecule has 0 bridgehead atoms. The van der Waals surface area contributed by atoms with Crippen LogP contribution in [0.1, 0.15) is 17.5 Å². The van der Waals surface area contributed by atoms with Crippen molar-refractivity contribution in [2.24, 2.45) is 5.73 Å².